The number of hydrogen-bond acceptors (Lipinski definition) is 7. The molecule has 0 spiro atoms. The molecule has 4 nitrogen and oxygen atoms in total. The molecule has 3 aromatic heterocycles. The van der Waals surface area contributed by atoms with E-state index in [1.165, 1.54) is 24.3 Å². The monoisotopic (exact) mass is 812 g/mol. The largest absolute Gasteiger partial charge is 0.288 e. The van der Waals surface area contributed by atoms with Crippen LogP contribution in [0.5, 0.6) is 0 Å². The summed E-state index contributed by atoms with van der Waals surface area (Å²) in [4.78, 5) is 56.6. The first kappa shape index (κ1) is 34.6. The summed E-state index contributed by atoms with van der Waals surface area (Å²) in [5, 5.41) is 1.35. The van der Waals surface area contributed by atoms with Crippen LogP contribution in [-0.2, 0) is 10.8 Å². The fraction of sp³-hybridized carbons (Fsp3) is 0.130. The maximum Gasteiger partial charge on any atom is 0.197 e. The van der Waals surface area contributed by atoms with Crippen LogP contribution in [0.25, 0.3) is 52.5 Å². The van der Waals surface area contributed by atoms with Crippen LogP contribution in [0.3, 0.4) is 0 Å². The number of ketones is 4. The van der Waals surface area contributed by atoms with Crippen molar-refractivity contribution >= 4 is 110 Å². The Morgan fingerprint density at radius 3 is 1.04 bits per heavy atom. The van der Waals surface area contributed by atoms with Gasteiger partial charge in [-0.15, -0.1) is 34.0 Å². The second-order valence-corrected chi connectivity index (χ2v) is 19.1. The molecule has 4 aliphatic carbocycles. The highest BCUT2D eigenvalue weighted by Crippen LogP contribution is 2.59. The van der Waals surface area contributed by atoms with Gasteiger partial charge < -0.3 is 0 Å². The van der Waals surface area contributed by atoms with E-state index in [2.05, 4.69) is 27.7 Å². The van der Waals surface area contributed by atoms with E-state index in [1.807, 2.05) is 12.2 Å². The molecule has 0 fully saturated rings. The van der Waals surface area contributed by atoms with Gasteiger partial charge in [-0.2, -0.15) is 0 Å². The Morgan fingerprint density at radius 2 is 0.737 bits per heavy atom. The van der Waals surface area contributed by atoms with E-state index in [-0.39, 0.29) is 33.4 Å². The van der Waals surface area contributed by atoms with E-state index >= 15 is 0 Å². The zero-order chi connectivity index (χ0) is 39.8. The number of carbonyl (C=O) groups is 4. The number of hydrogen-bond donors (Lipinski definition) is 0. The third-order valence-corrected chi connectivity index (χ3v) is 16.0. The minimum atomic E-state index is -1.03. The summed E-state index contributed by atoms with van der Waals surface area (Å²) in [6.07, 6.45) is 7.40. The van der Waals surface area contributed by atoms with E-state index in [0.717, 1.165) is 75.1 Å². The van der Waals surface area contributed by atoms with Crippen LogP contribution in [-0.4, -0.2) is 23.1 Å². The molecule has 11 rings (SSSR count). The molecule has 0 N–H and O–H groups in total. The van der Waals surface area contributed by atoms with Gasteiger partial charge in [0.2, 0.25) is 0 Å². The van der Waals surface area contributed by atoms with Crippen LogP contribution >= 0.6 is 34.0 Å². The zero-order valence-electron chi connectivity index (χ0n) is 30.3. The second kappa shape index (κ2) is 11.1. The third kappa shape index (κ3) is 4.47. The molecule has 0 saturated heterocycles. The van der Waals surface area contributed by atoms with E-state index in [4.69, 9.17) is 0 Å². The van der Waals surface area contributed by atoms with E-state index < -0.39 is 57.2 Å². The molecule has 11 heteroatoms. The molecule has 7 aromatic rings. The van der Waals surface area contributed by atoms with Crippen molar-refractivity contribution in [1.82, 2.24) is 0 Å². The average Bonchev–Trinajstić information content (AvgIpc) is 3.97. The quantitative estimate of drug-likeness (QED) is 0.0990. The number of carbonyl (C=O) groups excluding carboxylic acids is 4. The van der Waals surface area contributed by atoms with Crippen molar-refractivity contribution in [2.24, 2.45) is 0 Å². The Hall–Kier alpha value is -5.62. The lowest BCUT2D eigenvalue weighted by molar-refractivity contribution is 0.0973. The van der Waals surface area contributed by atoms with E-state index in [9.17, 15) is 36.7 Å². The van der Waals surface area contributed by atoms with E-state index in [1.54, 1.807) is 46.2 Å². The first-order valence-corrected chi connectivity index (χ1v) is 20.4. The predicted molar refractivity (Wildman–Crippen MR) is 218 cm³/mol. The molecule has 0 radical (unpaired) electrons. The van der Waals surface area contributed by atoms with Crippen LogP contribution < -0.4 is 0 Å². The minimum Gasteiger partial charge on any atom is -0.288 e. The fourth-order valence-corrected chi connectivity index (χ4v) is 14.0. The molecular weight excluding hydrogens is 789 g/mol. The van der Waals surface area contributed by atoms with Crippen LogP contribution in [0, 0.1) is 23.3 Å². The number of thiophene rings is 3. The highest BCUT2D eigenvalue weighted by Gasteiger charge is 2.43. The molecule has 57 heavy (non-hydrogen) atoms. The maximum atomic E-state index is 14.0. The van der Waals surface area contributed by atoms with Crippen LogP contribution in [0.4, 0.5) is 17.6 Å². The maximum absolute atomic E-state index is 14.0. The lowest BCUT2D eigenvalue weighted by Crippen LogP contribution is -2.17. The normalized spacial score (nSPS) is 17.7. The second-order valence-electron chi connectivity index (χ2n) is 16.0. The Morgan fingerprint density at radius 1 is 0.439 bits per heavy atom. The highest BCUT2D eigenvalue weighted by molar-refractivity contribution is 7.39. The van der Waals surface area contributed by atoms with Crippen molar-refractivity contribution < 1.29 is 36.7 Å². The summed E-state index contributed by atoms with van der Waals surface area (Å²) < 4.78 is 60.5. The number of rotatable bonds is 2. The van der Waals surface area contributed by atoms with Crippen LogP contribution in [0.15, 0.2) is 83.0 Å². The summed E-state index contributed by atoms with van der Waals surface area (Å²) in [5.74, 6) is -5.91. The van der Waals surface area contributed by atoms with Crippen molar-refractivity contribution in [3.8, 4) is 0 Å². The Balaban J connectivity index is 0.944. The predicted octanol–water partition coefficient (Wildman–Crippen LogP) is 12.4. The molecule has 0 unspecified atom stereocenters. The van der Waals surface area contributed by atoms with Gasteiger partial charge in [0.05, 0.1) is 29.9 Å². The topological polar surface area (TPSA) is 68.3 Å². The molecule has 0 amide bonds. The first-order valence-electron chi connectivity index (χ1n) is 18.0. The lowest BCUT2D eigenvalue weighted by atomic mass is 9.81. The number of benzene rings is 4. The summed E-state index contributed by atoms with van der Waals surface area (Å²) in [5.41, 5.74) is 3.44. The van der Waals surface area contributed by atoms with Gasteiger partial charge >= 0.3 is 0 Å². The number of Topliss-reactive ketones (excluding diaryl/α,β-unsaturated/α-hetero) is 4. The lowest BCUT2D eigenvalue weighted by Gasteiger charge is -2.23. The number of fused-ring (bicyclic) bond motifs is 11. The SMILES string of the molecule is CC1(C)C(C=C2C(=O)c3cc4cc(F)c(F)cc4cc3C2=O)=Cc2sc3c(sc4c5c(sc43)C=C(C=C3C(=O)c4cc6cc(F)c(F)cc6cc4C3=O)C5(C)C)c21. The summed E-state index contributed by atoms with van der Waals surface area (Å²) in [6, 6.07) is 9.92. The first-order chi connectivity index (χ1) is 27.0. The molecule has 0 bridgehead atoms. The smallest absolute Gasteiger partial charge is 0.197 e. The standard InChI is InChI=1S/C46H24F4O4S3/c1-45(2)21(13-27-37(51)23-5-17-9-29(47)30(48)10-18(17)6-24(23)38(27)52)15-33-35(45)41-43(55-33)44-42(57-41)36-34(56-44)16-22(46(36,3)4)14-28-39(53)25-7-19-11-31(49)32(50)12-20(19)8-26(25)40(28)54/h5-16H,1-4H3. The molecule has 4 aliphatic rings. The highest BCUT2D eigenvalue weighted by atomic mass is 32.1. The Kier molecular flexibility index (Phi) is 6.72. The summed E-state index contributed by atoms with van der Waals surface area (Å²) >= 11 is 5.02. The van der Waals surface area contributed by atoms with Crippen molar-refractivity contribution in [1.29, 1.82) is 0 Å². The van der Waals surface area contributed by atoms with Gasteiger partial charge in [-0.1, -0.05) is 27.7 Å². The van der Waals surface area contributed by atoms with Gasteiger partial charge in [0.1, 0.15) is 0 Å². The average molecular weight is 813 g/mol. The molecule has 0 saturated carbocycles. The van der Waals surface area contributed by atoms with Gasteiger partial charge in [-0.3, -0.25) is 19.2 Å². The van der Waals surface area contributed by atoms with Crippen molar-refractivity contribution in [3.63, 3.8) is 0 Å². The van der Waals surface area contributed by atoms with Crippen LogP contribution in [0.2, 0.25) is 0 Å². The van der Waals surface area contributed by atoms with Gasteiger partial charge in [0.25, 0.3) is 0 Å². The fourth-order valence-electron chi connectivity index (χ4n) is 8.92. The minimum absolute atomic E-state index is 0.0184. The van der Waals surface area contributed by atoms with Crippen molar-refractivity contribution in [2.75, 3.05) is 0 Å². The summed E-state index contributed by atoms with van der Waals surface area (Å²) in [6.45, 7) is 8.29. The molecule has 278 valence electrons. The molecule has 3 heterocycles. The Labute approximate surface area is 332 Å². The molecular formula is C46H24F4O4S3. The van der Waals surface area contributed by atoms with Crippen molar-refractivity contribution in [3.05, 3.63) is 149 Å². The molecule has 0 atom stereocenters. The third-order valence-electron chi connectivity index (χ3n) is 12.0. The van der Waals surface area contributed by atoms with Gasteiger partial charge in [-0.05, 0) is 117 Å². The van der Waals surface area contributed by atoms with Gasteiger partial charge in [0, 0.05) is 42.8 Å². The number of allylic oxidation sites excluding steroid dienone is 6. The summed E-state index contributed by atoms with van der Waals surface area (Å²) in [7, 11) is 0. The van der Waals surface area contributed by atoms with Gasteiger partial charge in [-0.25, -0.2) is 17.6 Å². The van der Waals surface area contributed by atoms with E-state index in [0.29, 0.717) is 21.5 Å². The van der Waals surface area contributed by atoms with Crippen molar-refractivity contribution in [2.45, 2.75) is 38.5 Å². The number of halogens is 4. The van der Waals surface area contributed by atoms with Gasteiger partial charge in [0.15, 0.2) is 46.4 Å². The van der Waals surface area contributed by atoms with Crippen LogP contribution in [0.1, 0.15) is 90.0 Å². The molecule has 0 aliphatic heterocycles. The molecule has 4 aromatic carbocycles. The zero-order valence-corrected chi connectivity index (χ0v) is 32.7. The Bertz CT molecular complexity index is 3020.